The van der Waals surface area contributed by atoms with Crippen molar-refractivity contribution < 1.29 is 14.6 Å². The Kier molecular flexibility index (Phi) is 4.44. The van der Waals surface area contributed by atoms with Crippen molar-refractivity contribution in [3.8, 4) is 33.8 Å². The minimum atomic E-state index is 0.193. The van der Waals surface area contributed by atoms with Crippen molar-refractivity contribution in [3.05, 3.63) is 60.9 Å². The number of fused-ring (bicyclic) bond motifs is 1. The minimum absolute atomic E-state index is 0.193. The van der Waals surface area contributed by atoms with Crippen LogP contribution in [0.4, 0.5) is 0 Å². The van der Waals surface area contributed by atoms with Crippen LogP contribution in [0.1, 0.15) is 6.42 Å². The van der Waals surface area contributed by atoms with Crippen LogP contribution < -0.4 is 9.47 Å². The minimum Gasteiger partial charge on any atom is -0.486 e. The highest BCUT2D eigenvalue weighted by molar-refractivity contribution is 5.84. The summed E-state index contributed by atoms with van der Waals surface area (Å²) in [7, 11) is 0. The van der Waals surface area contributed by atoms with Crippen LogP contribution >= 0.6 is 0 Å². The molecule has 0 radical (unpaired) electrons. The fourth-order valence-corrected chi connectivity index (χ4v) is 3.18. The summed E-state index contributed by atoms with van der Waals surface area (Å²) < 4.78 is 13.5. The summed E-state index contributed by atoms with van der Waals surface area (Å²) in [5.74, 6) is 1.60. The van der Waals surface area contributed by atoms with E-state index < -0.39 is 0 Å². The van der Waals surface area contributed by atoms with Gasteiger partial charge in [0.1, 0.15) is 13.2 Å². The normalized spacial score (nSPS) is 13.0. The summed E-state index contributed by atoms with van der Waals surface area (Å²) in [6, 6.07) is 16.5. The van der Waals surface area contributed by atoms with Crippen LogP contribution in [-0.2, 0) is 6.54 Å². The van der Waals surface area contributed by atoms with Gasteiger partial charge in [0, 0.05) is 36.7 Å². The Balaban J connectivity index is 1.78. The van der Waals surface area contributed by atoms with Gasteiger partial charge in [-0.15, -0.1) is 0 Å². The number of aryl methyl sites for hydroxylation is 1. The first-order chi connectivity index (χ1) is 12.3. The molecule has 25 heavy (non-hydrogen) atoms. The van der Waals surface area contributed by atoms with Gasteiger partial charge in [-0.2, -0.15) is 0 Å². The predicted octanol–water partition coefficient (Wildman–Crippen LogP) is 3.98. The molecular formula is C21H21NO3. The average molecular weight is 335 g/mol. The van der Waals surface area contributed by atoms with Gasteiger partial charge in [-0.3, -0.25) is 0 Å². The van der Waals surface area contributed by atoms with E-state index in [-0.39, 0.29) is 6.61 Å². The van der Waals surface area contributed by atoms with Crippen LogP contribution in [0.25, 0.3) is 22.3 Å². The zero-order chi connectivity index (χ0) is 17.1. The Hall–Kier alpha value is -2.72. The molecule has 2 heterocycles. The first-order valence-electron chi connectivity index (χ1n) is 8.61. The second kappa shape index (κ2) is 7.03. The molecule has 0 spiro atoms. The van der Waals surface area contributed by atoms with E-state index in [4.69, 9.17) is 14.6 Å². The monoisotopic (exact) mass is 335 g/mol. The molecule has 1 aliphatic heterocycles. The predicted molar refractivity (Wildman–Crippen MR) is 98.0 cm³/mol. The van der Waals surface area contributed by atoms with Gasteiger partial charge < -0.3 is 19.1 Å². The maximum Gasteiger partial charge on any atom is 0.161 e. The largest absolute Gasteiger partial charge is 0.486 e. The summed E-state index contributed by atoms with van der Waals surface area (Å²) in [5, 5.41) is 9.13. The molecule has 0 saturated carbocycles. The molecular weight excluding hydrogens is 314 g/mol. The van der Waals surface area contributed by atoms with E-state index in [9.17, 15) is 0 Å². The van der Waals surface area contributed by atoms with Crippen molar-refractivity contribution in [1.82, 2.24) is 4.57 Å². The molecule has 0 saturated heterocycles. The number of ether oxygens (including phenoxy) is 2. The summed E-state index contributed by atoms with van der Waals surface area (Å²) in [5.41, 5.74) is 4.61. The average Bonchev–Trinajstić information content (AvgIpc) is 3.11. The molecule has 4 rings (SSSR count). The lowest BCUT2D eigenvalue weighted by atomic mass is 9.99. The topological polar surface area (TPSA) is 43.6 Å². The van der Waals surface area contributed by atoms with Crippen LogP contribution in [0.2, 0.25) is 0 Å². The van der Waals surface area contributed by atoms with Crippen molar-refractivity contribution in [1.29, 1.82) is 0 Å². The lowest BCUT2D eigenvalue weighted by molar-refractivity contribution is 0.171. The van der Waals surface area contributed by atoms with E-state index in [2.05, 4.69) is 35.2 Å². The zero-order valence-electron chi connectivity index (χ0n) is 14.0. The molecule has 128 valence electrons. The third-order valence-electron chi connectivity index (χ3n) is 4.39. The van der Waals surface area contributed by atoms with Crippen molar-refractivity contribution in [3.63, 3.8) is 0 Å². The number of hydrogen-bond donors (Lipinski definition) is 1. The Morgan fingerprint density at radius 2 is 1.56 bits per heavy atom. The first-order valence-corrected chi connectivity index (χ1v) is 8.61. The third-order valence-corrected chi connectivity index (χ3v) is 4.39. The molecule has 3 aromatic rings. The number of rotatable bonds is 5. The molecule has 4 nitrogen and oxygen atoms in total. The van der Waals surface area contributed by atoms with Gasteiger partial charge >= 0.3 is 0 Å². The third kappa shape index (κ3) is 3.26. The van der Waals surface area contributed by atoms with Gasteiger partial charge in [0.25, 0.3) is 0 Å². The molecule has 0 fully saturated rings. The van der Waals surface area contributed by atoms with Crippen LogP contribution in [0.3, 0.4) is 0 Å². The fraction of sp³-hybridized carbons (Fsp3) is 0.238. The SMILES string of the molecule is OCCCn1cc(-c2ccccc2)c(-c2ccc3c(c2)OCCO3)c1. The van der Waals surface area contributed by atoms with Crippen molar-refractivity contribution in [2.24, 2.45) is 0 Å². The lowest BCUT2D eigenvalue weighted by Gasteiger charge is -2.19. The summed E-state index contributed by atoms with van der Waals surface area (Å²) in [6.07, 6.45) is 5.03. The Morgan fingerprint density at radius 3 is 2.32 bits per heavy atom. The molecule has 1 aromatic heterocycles. The number of aliphatic hydroxyl groups is 1. The number of nitrogens with zero attached hydrogens (tertiary/aromatic N) is 1. The summed E-state index contributed by atoms with van der Waals surface area (Å²) in [6.45, 7) is 2.16. The standard InChI is InChI=1S/C21H21NO3/c23-10-4-9-22-14-18(16-5-2-1-3-6-16)19(15-22)17-7-8-20-21(13-17)25-12-11-24-20/h1-3,5-8,13-15,23H,4,9-12H2. The molecule has 0 aliphatic carbocycles. The van der Waals surface area contributed by atoms with E-state index >= 15 is 0 Å². The zero-order valence-corrected chi connectivity index (χ0v) is 14.0. The number of benzene rings is 2. The molecule has 4 heteroatoms. The van der Waals surface area contributed by atoms with E-state index in [1.807, 2.05) is 30.3 Å². The molecule has 0 unspecified atom stereocenters. The molecule has 0 amide bonds. The van der Waals surface area contributed by atoms with E-state index in [1.165, 1.54) is 11.1 Å². The van der Waals surface area contributed by atoms with Gasteiger partial charge in [0.05, 0.1) is 0 Å². The van der Waals surface area contributed by atoms with Crippen molar-refractivity contribution in [2.75, 3.05) is 19.8 Å². The quantitative estimate of drug-likeness (QED) is 0.767. The molecule has 0 bridgehead atoms. The van der Waals surface area contributed by atoms with E-state index in [0.29, 0.717) is 13.2 Å². The lowest BCUT2D eigenvalue weighted by Crippen LogP contribution is -2.15. The Labute approximate surface area is 147 Å². The first kappa shape index (κ1) is 15.8. The summed E-state index contributed by atoms with van der Waals surface area (Å²) >= 11 is 0. The number of aromatic nitrogens is 1. The number of hydrogen-bond acceptors (Lipinski definition) is 3. The highest BCUT2D eigenvalue weighted by Crippen LogP contribution is 2.38. The van der Waals surface area contributed by atoms with Gasteiger partial charge in [-0.05, 0) is 29.7 Å². The smallest absolute Gasteiger partial charge is 0.161 e. The summed E-state index contributed by atoms with van der Waals surface area (Å²) in [4.78, 5) is 0. The second-order valence-electron chi connectivity index (χ2n) is 6.12. The molecule has 1 aliphatic rings. The highest BCUT2D eigenvalue weighted by Gasteiger charge is 2.16. The molecule has 0 atom stereocenters. The van der Waals surface area contributed by atoms with Crippen LogP contribution in [0.5, 0.6) is 11.5 Å². The van der Waals surface area contributed by atoms with Gasteiger partial charge in [0.2, 0.25) is 0 Å². The van der Waals surface area contributed by atoms with E-state index in [0.717, 1.165) is 35.6 Å². The van der Waals surface area contributed by atoms with Crippen molar-refractivity contribution in [2.45, 2.75) is 13.0 Å². The van der Waals surface area contributed by atoms with E-state index in [1.54, 1.807) is 0 Å². The van der Waals surface area contributed by atoms with Crippen molar-refractivity contribution >= 4 is 0 Å². The molecule has 1 N–H and O–H groups in total. The second-order valence-corrected chi connectivity index (χ2v) is 6.12. The van der Waals surface area contributed by atoms with Crippen LogP contribution in [0.15, 0.2) is 60.9 Å². The maximum absolute atomic E-state index is 9.13. The van der Waals surface area contributed by atoms with Gasteiger partial charge in [0.15, 0.2) is 11.5 Å². The maximum atomic E-state index is 9.13. The van der Waals surface area contributed by atoms with Crippen LogP contribution in [0, 0.1) is 0 Å². The Bertz CT molecular complexity index is 855. The fourth-order valence-electron chi connectivity index (χ4n) is 3.18. The van der Waals surface area contributed by atoms with Gasteiger partial charge in [-0.25, -0.2) is 0 Å². The highest BCUT2D eigenvalue weighted by atomic mass is 16.6. The van der Waals surface area contributed by atoms with Crippen LogP contribution in [-0.4, -0.2) is 29.5 Å². The number of aliphatic hydroxyl groups excluding tert-OH is 1. The Morgan fingerprint density at radius 1 is 0.840 bits per heavy atom. The molecule has 2 aromatic carbocycles. The van der Waals surface area contributed by atoms with Gasteiger partial charge in [-0.1, -0.05) is 36.4 Å².